The lowest BCUT2D eigenvalue weighted by atomic mass is 9.33. The Morgan fingerprint density at radius 2 is 1.39 bits per heavy atom. The third-order valence-electron chi connectivity index (χ3n) is 16.1. The molecule has 0 aromatic heterocycles. The Kier molecular flexibility index (Phi) is 13.7. The van der Waals surface area contributed by atoms with Crippen molar-refractivity contribution < 1.29 is 19.1 Å². The Bertz CT molecular complexity index is 1290. The lowest BCUT2D eigenvalue weighted by molar-refractivity contribution is -0.232. The van der Waals surface area contributed by atoms with Crippen molar-refractivity contribution in [2.75, 3.05) is 7.05 Å². The van der Waals surface area contributed by atoms with E-state index in [9.17, 15) is 14.4 Å². The number of Topliss-reactive ketones (excluding diaryl/α,β-unsaturated/α-hetero) is 1. The van der Waals surface area contributed by atoms with Gasteiger partial charge in [0.15, 0.2) is 5.78 Å². The molecule has 7 rings (SSSR count). The van der Waals surface area contributed by atoms with Crippen LogP contribution in [-0.2, 0) is 19.1 Å². The van der Waals surface area contributed by atoms with Gasteiger partial charge in [0.1, 0.15) is 6.10 Å². The molecular weight excluding hydrogens is 631 g/mol. The number of hydrogen-bond acceptors (Lipinski definition) is 4. The molecule has 0 aromatic rings. The molecular formula is C46H81NO4. The number of allylic oxidation sites excluding steroid dienone is 2. The van der Waals surface area contributed by atoms with E-state index in [0.717, 1.165) is 55.4 Å². The lowest BCUT2D eigenvalue weighted by Crippen LogP contribution is -2.65. The van der Waals surface area contributed by atoms with Crippen molar-refractivity contribution in [1.29, 1.82) is 0 Å². The molecule has 8 unspecified atom stereocenters. The van der Waals surface area contributed by atoms with Gasteiger partial charge in [-0.3, -0.25) is 14.4 Å². The minimum atomic E-state index is -0.296. The molecule has 1 spiro atoms. The Morgan fingerprint density at radius 3 is 1.86 bits per heavy atom. The smallest absolute Gasteiger partial charge is 0.302 e. The molecule has 7 aliphatic carbocycles. The molecule has 6 saturated carbocycles. The first-order valence-electron chi connectivity index (χ1n) is 21.6. The first-order valence-corrected chi connectivity index (χ1v) is 21.6. The Morgan fingerprint density at radius 1 is 0.804 bits per heavy atom. The number of amides is 1. The Balaban J connectivity index is 0.000000504. The minimum Gasteiger partial charge on any atom is -0.462 e. The van der Waals surface area contributed by atoms with E-state index in [-0.39, 0.29) is 51.0 Å². The number of nitrogens with one attached hydrogen (secondary N) is 1. The summed E-state index contributed by atoms with van der Waals surface area (Å²) in [6, 6.07) is 0. The van der Waals surface area contributed by atoms with Gasteiger partial charge in [-0.2, -0.15) is 0 Å². The van der Waals surface area contributed by atoms with E-state index in [4.69, 9.17) is 4.74 Å². The molecule has 0 bridgehead atoms. The van der Waals surface area contributed by atoms with Gasteiger partial charge in [0, 0.05) is 37.6 Å². The standard InChI is InChI=1S/C34H53NO4.C6H10.3C2H6/c1-20(2)28-23(37)18-34(19-27(38)35-9)17-16-32(7)22(29(28)34)10-11-25-31(6)14-13-26(39-21(3)36)30(4,5)24(31)12-15-33(25,32)8;1-5-4-6(5)2-3-6;3*1-2/h20,22,24-26H,10-19H2,1-9H3,(H,35,38);5H,2-4H2,1H3;3*1-2H3/t22?,24?,25?,26?,31?,32-,33?,34?;;;;/m1..../s1. The fourth-order valence-electron chi connectivity index (χ4n) is 13.1. The fourth-order valence-corrected chi connectivity index (χ4v) is 13.1. The Labute approximate surface area is 315 Å². The molecule has 1 N–H and O–H groups in total. The Hall–Kier alpha value is -1.65. The summed E-state index contributed by atoms with van der Waals surface area (Å²) in [7, 11) is 1.72. The minimum absolute atomic E-state index is 0.00683. The predicted molar refractivity (Wildman–Crippen MR) is 213 cm³/mol. The van der Waals surface area contributed by atoms with Crippen LogP contribution in [0.25, 0.3) is 0 Å². The van der Waals surface area contributed by atoms with E-state index < -0.39 is 0 Å². The van der Waals surface area contributed by atoms with Crippen LogP contribution in [0.15, 0.2) is 11.1 Å². The van der Waals surface area contributed by atoms with E-state index in [0.29, 0.717) is 36.4 Å². The van der Waals surface area contributed by atoms with Crippen LogP contribution in [-0.4, -0.2) is 30.8 Å². The second kappa shape index (κ2) is 16.0. The second-order valence-electron chi connectivity index (χ2n) is 18.8. The number of rotatable bonds is 4. The number of hydrogen-bond donors (Lipinski definition) is 1. The van der Waals surface area contributed by atoms with Crippen LogP contribution < -0.4 is 5.32 Å². The highest BCUT2D eigenvalue weighted by Gasteiger charge is 2.70. The molecule has 0 radical (unpaired) electrons. The molecule has 0 heterocycles. The maximum atomic E-state index is 13.6. The van der Waals surface area contributed by atoms with E-state index in [2.05, 4.69) is 60.7 Å². The van der Waals surface area contributed by atoms with Crippen LogP contribution in [0.4, 0.5) is 0 Å². The zero-order valence-electron chi connectivity index (χ0n) is 36.3. The maximum absolute atomic E-state index is 13.6. The van der Waals surface area contributed by atoms with Gasteiger partial charge in [0.05, 0.1) is 0 Å². The molecule has 9 atom stereocenters. The zero-order chi connectivity index (χ0) is 39.0. The number of esters is 1. The van der Waals surface area contributed by atoms with Gasteiger partial charge in [-0.1, -0.05) is 103 Å². The highest BCUT2D eigenvalue weighted by molar-refractivity contribution is 6.01. The monoisotopic (exact) mass is 712 g/mol. The molecule has 1 amide bonds. The van der Waals surface area contributed by atoms with Crippen molar-refractivity contribution in [3.63, 3.8) is 0 Å². The van der Waals surface area contributed by atoms with Crippen LogP contribution in [0.2, 0.25) is 0 Å². The van der Waals surface area contributed by atoms with Crippen LogP contribution in [0.1, 0.15) is 187 Å². The summed E-state index contributed by atoms with van der Waals surface area (Å²) in [4.78, 5) is 38.3. The first kappa shape index (κ1) is 43.8. The number of ether oxygens (including phenoxy) is 1. The molecule has 0 aromatic carbocycles. The number of ketones is 1. The van der Waals surface area contributed by atoms with Crippen molar-refractivity contribution in [2.24, 2.45) is 62.1 Å². The number of fused-ring (bicyclic) bond motifs is 7. The highest BCUT2D eigenvalue weighted by atomic mass is 16.5. The first-order chi connectivity index (χ1) is 23.9. The molecule has 51 heavy (non-hydrogen) atoms. The summed E-state index contributed by atoms with van der Waals surface area (Å²) in [6.45, 7) is 32.7. The van der Waals surface area contributed by atoms with Gasteiger partial charge in [0.2, 0.25) is 5.91 Å². The lowest BCUT2D eigenvalue weighted by Gasteiger charge is -2.72. The molecule has 294 valence electrons. The molecule has 5 nitrogen and oxygen atoms in total. The van der Waals surface area contributed by atoms with E-state index in [1.807, 2.05) is 41.5 Å². The van der Waals surface area contributed by atoms with Crippen LogP contribution in [0.5, 0.6) is 0 Å². The average Bonchev–Trinajstić information content (AvgIpc) is 3.98. The molecule has 5 heteroatoms. The van der Waals surface area contributed by atoms with Crippen LogP contribution in [0.3, 0.4) is 0 Å². The number of carbonyl (C=O) groups is 3. The fraction of sp³-hybridized carbons (Fsp3) is 0.891. The normalized spacial score (nSPS) is 40.0. The van der Waals surface area contributed by atoms with Gasteiger partial charge in [-0.25, -0.2) is 0 Å². The second-order valence-corrected chi connectivity index (χ2v) is 18.8. The molecule has 0 saturated heterocycles. The van der Waals surface area contributed by atoms with Crippen molar-refractivity contribution in [2.45, 2.75) is 193 Å². The predicted octanol–water partition coefficient (Wildman–Crippen LogP) is 11.9. The van der Waals surface area contributed by atoms with Crippen molar-refractivity contribution >= 4 is 17.7 Å². The molecule has 7 aliphatic rings. The third kappa shape index (κ3) is 7.29. The summed E-state index contributed by atoms with van der Waals surface area (Å²) in [5.74, 6) is 3.00. The zero-order valence-corrected chi connectivity index (χ0v) is 36.3. The summed E-state index contributed by atoms with van der Waals surface area (Å²) in [5.41, 5.74) is 3.54. The quantitative estimate of drug-likeness (QED) is 0.295. The summed E-state index contributed by atoms with van der Waals surface area (Å²) in [6.07, 6.45) is 14.3. The number of carbonyl (C=O) groups excluding carboxylic acids is 3. The molecule has 6 fully saturated rings. The van der Waals surface area contributed by atoms with Crippen molar-refractivity contribution in [3.8, 4) is 0 Å². The van der Waals surface area contributed by atoms with Gasteiger partial charge in [-0.15, -0.1) is 0 Å². The molecule has 0 aliphatic heterocycles. The topological polar surface area (TPSA) is 72.5 Å². The van der Waals surface area contributed by atoms with E-state index in [1.54, 1.807) is 33.2 Å². The van der Waals surface area contributed by atoms with Crippen LogP contribution in [0, 0.1) is 62.1 Å². The van der Waals surface area contributed by atoms with Crippen molar-refractivity contribution in [3.05, 3.63) is 11.1 Å². The third-order valence-corrected chi connectivity index (χ3v) is 16.1. The highest BCUT2D eigenvalue weighted by Crippen LogP contribution is 2.77. The van der Waals surface area contributed by atoms with Crippen LogP contribution >= 0.6 is 0 Å². The van der Waals surface area contributed by atoms with E-state index >= 15 is 0 Å². The average molecular weight is 712 g/mol. The SMILES string of the molecule is CC.CC.CC.CC1CC12CC2.CNC(=O)CC12CC[C@]3(C)C(CCC4C5(C)CCC(OC(C)=O)C(C)(C)C5CCC43C)C1=C(C(C)C)C(=O)C2. The van der Waals surface area contributed by atoms with Gasteiger partial charge in [0.25, 0.3) is 0 Å². The summed E-state index contributed by atoms with van der Waals surface area (Å²) >= 11 is 0. The maximum Gasteiger partial charge on any atom is 0.302 e. The van der Waals surface area contributed by atoms with Gasteiger partial charge in [-0.05, 0) is 127 Å². The summed E-state index contributed by atoms with van der Waals surface area (Å²) < 4.78 is 5.90. The van der Waals surface area contributed by atoms with Crippen molar-refractivity contribution in [1.82, 2.24) is 5.32 Å². The van der Waals surface area contributed by atoms with E-state index in [1.165, 1.54) is 18.4 Å². The van der Waals surface area contributed by atoms with Gasteiger partial charge >= 0.3 is 5.97 Å². The van der Waals surface area contributed by atoms with Gasteiger partial charge < -0.3 is 10.1 Å². The largest absolute Gasteiger partial charge is 0.462 e. The summed E-state index contributed by atoms with van der Waals surface area (Å²) in [5, 5.41) is 2.87.